The number of hydrogen-bond donors (Lipinski definition) is 2. The number of carbonyl (C=O) groups excluding carboxylic acids is 1. The molecule has 0 aromatic heterocycles. The number of carbonyl (C=O) groups is 1. The van der Waals surface area contributed by atoms with Crippen LogP contribution in [0.5, 0.6) is 0 Å². The van der Waals surface area contributed by atoms with Gasteiger partial charge in [0.25, 0.3) is 0 Å². The standard InChI is InChI=1S/C16H24N2O/c1-13(12-17)6-5-11-18-15(19)16(9-10-16)14-7-3-2-4-8-14/h2-4,7-8,13H,5-6,9-12,17H2,1H3,(H,18,19). The van der Waals surface area contributed by atoms with Gasteiger partial charge in [0.05, 0.1) is 5.41 Å². The Balaban J connectivity index is 1.81. The second-order valence-electron chi connectivity index (χ2n) is 5.69. The zero-order valence-electron chi connectivity index (χ0n) is 11.7. The Hall–Kier alpha value is -1.35. The lowest BCUT2D eigenvalue weighted by Gasteiger charge is -2.16. The maximum atomic E-state index is 12.3. The summed E-state index contributed by atoms with van der Waals surface area (Å²) in [4.78, 5) is 12.3. The molecule has 1 saturated carbocycles. The van der Waals surface area contributed by atoms with Gasteiger partial charge in [0.15, 0.2) is 0 Å². The minimum Gasteiger partial charge on any atom is -0.355 e. The van der Waals surface area contributed by atoms with Crippen molar-refractivity contribution in [2.75, 3.05) is 13.1 Å². The zero-order chi connectivity index (χ0) is 13.7. The van der Waals surface area contributed by atoms with E-state index >= 15 is 0 Å². The quantitative estimate of drug-likeness (QED) is 0.739. The molecule has 1 aliphatic carbocycles. The summed E-state index contributed by atoms with van der Waals surface area (Å²) in [6, 6.07) is 10.1. The van der Waals surface area contributed by atoms with Crippen molar-refractivity contribution in [1.29, 1.82) is 0 Å². The van der Waals surface area contributed by atoms with Crippen LogP contribution < -0.4 is 11.1 Å². The summed E-state index contributed by atoms with van der Waals surface area (Å²) in [7, 11) is 0. The van der Waals surface area contributed by atoms with Gasteiger partial charge in [0.2, 0.25) is 5.91 Å². The molecule has 1 aliphatic rings. The number of nitrogens with one attached hydrogen (secondary N) is 1. The molecule has 1 aromatic carbocycles. The van der Waals surface area contributed by atoms with Crippen LogP contribution in [-0.2, 0) is 10.2 Å². The summed E-state index contributed by atoms with van der Waals surface area (Å²) in [5, 5.41) is 3.08. The molecule has 3 heteroatoms. The SMILES string of the molecule is CC(CN)CCCNC(=O)C1(c2ccccc2)CC1. The van der Waals surface area contributed by atoms with E-state index < -0.39 is 0 Å². The fraction of sp³-hybridized carbons (Fsp3) is 0.562. The second-order valence-corrected chi connectivity index (χ2v) is 5.69. The van der Waals surface area contributed by atoms with Crippen LogP contribution in [0.1, 0.15) is 38.2 Å². The maximum absolute atomic E-state index is 12.3. The van der Waals surface area contributed by atoms with E-state index in [4.69, 9.17) is 5.73 Å². The van der Waals surface area contributed by atoms with Gasteiger partial charge in [-0.15, -0.1) is 0 Å². The van der Waals surface area contributed by atoms with Crippen molar-refractivity contribution in [1.82, 2.24) is 5.32 Å². The van der Waals surface area contributed by atoms with Crippen LogP contribution in [0, 0.1) is 5.92 Å². The summed E-state index contributed by atoms with van der Waals surface area (Å²) in [6.07, 6.45) is 4.04. The number of amides is 1. The van der Waals surface area contributed by atoms with Crippen molar-refractivity contribution < 1.29 is 4.79 Å². The van der Waals surface area contributed by atoms with Crippen LogP contribution in [0.4, 0.5) is 0 Å². The molecule has 1 amide bonds. The van der Waals surface area contributed by atoms with E-state index in [1.165, 1.54) is 0 Å². The van der Waals surface area contributed by atoms with Crippen molar-refractivity contribution in [3.63, 3.8) is 0 Å². The largest absolute Gasteiger partial charge is 0.355 e. The highest BCUT2D eigenvalue weighted by Crippen LogP contribution is 2.48. The molecule has 0 saturated heterocycles. The van der Waals surface area contributed by atoms with Crippen LogP contribution in [0.3, 0.4) is 0 Å². The van der Waals surface area contributed by atoms with Gasteiger partial charge in [-0.2, -0.15) is 0 Å². The molecule has 0 aliphatic heterocycles. The van der Waals surface area contributed by atoms with E-state index in [0.717, 1.165) is 44.3 Å². The predicted octanol–water partition coefficient (Wildman–Crippen LogP) is 2.21. The first kappa shape index (κ1) is 14.1. The minimum absolute atomic E-state index is 0.194. The first-order valence-corrected chi connectivity index (χ1v) is 7.23. The van der Waals surface area contributed by atoms with Crippen LogP contribution >= 0.6 is 0 Å². The maximum Gasteiger partial charge on any atom is 0.230 e. The van der Waals surface area contributed by atoms with Gasteiger partial charge >= 0.3 is 0 Å². The number of rotatable bonds is 7. The minimum atomic E-state index is -0.235. The Morgan fingerprint density at radius 3 is 2.63 bits per heavy atom. The van der Waals surface area contributed by atoms with Crippen molar-refractivity contribution in [2.24, 2.45) is 11.7 Å². The van der Waals surface area contributed by atoms with Crippen LogP contribution in [0.2, 0.25) is 0 Å². The Morgan fingerprint density at radius 2 is 2.05 bits per heavy atom. The van der Waals surface area contributed by atoms with Crippen molar-refractivity contribution in [3.05, 3.63) is 35.9 Å². The number of hydrogen-bond acceptors (Lipinski definition) is 2. The Kier molecular flexibility index (Phi) is 4.59. The van der Waals surface area contributed by atoms with E-state index in [9.17, 15) is 4.79 Å². The van der Waals surface area contributed by atoms with Crippen molar-refractivity contribution in [3.8, 4) is 0 Å². The lowest BCUT2D eigenvalue weighted by atomic mass is 9.95. The zero-order valence-corrected chi connectivity index (χ0v) is 11.7. The Morgan fingerprint density at radius 1 is 1.37 bits per heavy atom. The summed E-state index contributed by atoms with van der Waals surface area (Å²) < 4.78 is 0. The van der Waals surface area contributed by atoms with Crippen LogP contribution in [-0.4, -0.2) is 19.0 Å². The molecule has 104 valence electrons. The summed E-state index contributed by atoms with van der Waals surface area (Å²) in [5.74, 6) is 0.736. The van der Waals surface area contributed by atoms with Gasteiger partial charge in [-0.05, 0) is 43.7 Å². The van der Waals surface area contributed by atoms with Gasteiger partial charge in [-0.1, -0.05) is 37.3 Å². The molecule has 0 spiro atoms. The topological polar surface area (TPSA) is 55.1 Å². The first-order chi connectivity index (χ1) is 9.19. The fourth-order valence-corrected chi connectivity index (χ4v) is 2.47. The summed E-state index contributed by atoms with van der Waals surface area (Å²) >= 11 is 0. The molecular weight excluding hydrogens is 236 g/mol. The molecule has 19 heavy (non-hydrogen) atoms. The van der Waals surface area contributed by atoms with E-state index in [1.54, 1.807) is 0 Å². The molecule has 1 fully saturated rings. The molecular formula is C16H24N2O. The fourth-order valence-electron chi connectivity index (χ4n) is 2.47. The number of benzene rings is 1. The van der Waals surface area contributed by atoms with Gasteiger partial charge in [0.1, 0.15) is 0 Å². The van der Waals surface area contributed by atoms with Gasteiger partial charge in [-0.25, -0.2) is 0 Å². The van der Waals surface area contributed by atoms with E-state index in [1.807, 2.05) is 18.2 Å². The summed E-state index contributed by atoms with van der Waals surface area (Å²) in [6.45, 7) is 3.63. The van der Waals surface area contributed by atoms with Crippen molar-refractivity contribution >= 4 is 5.91 Å². The van der Waals surface area contributed by atoms with Crippen LogP contribution in [0.15, 0.2) is 30.3 Å². The molecule has 1 unspecified atom stereocenters. The van der Waals surface area contributed by atoms with Gasteiger partial charge in [-0.3, -0.25) is 4.79 Å². The monoisotopic (exact) mass is 260 g/mol. The third-order valence-corrected chi connectivity index (χ3v) is 4.07. The number of nitrogens with two attached hydrogens (primary N) is 1. The van der Waals surface area contributed by atoms with Gasteiger partial charge < -0.3 is 11.1 Å². The molecule has 0 heterocycles. The van der Waals surface area contributed by atoms with Crippen molar-refractivity contribution in [2.45, 2.75) is 38.0 Å². The lowest BCUT2D eigenvalue weighted by molar-refractivity contribution is -0.123. The molecule has 1 aromatic rings. The summed E-state index contributed by atoms with van der Waals surface area (Å²) in [5.41, 5.74) is 6.50. The van der Waals surface area contributed by atoms with E-state index in [-0.39, 0.29) is 11.3 Å². The molecule has 0 radical (unpaired) electrons. The molecule has 2 rings (SSSR count). The van der Waals surface area contributed by atoms with Gasteiger partial charge in [0, 0.05) is 6.54 Å². The average Bonchev–Trinajstić information content (AvgIpc) is 3.25. The molecule has 3 nitrogen and oxygen atoms in total. The molecule has 3 N–H and O–H groups in total. The van der Waals surface area contributed by atoms with E-state index in [2.05, 4.69) is 24.4 Å². The first-order valence-electron chi connectivity index (χ1n) is 7.23. The molecule has 0 bridgehead atoms. The highest BCUT2D eigenvalue weighted by Gasteiger charge is 2.50. The molecule has 1 atom stereocenters. The normalized spacial score (nSPS) is 17.8. The predicted molar refractivity (Wildman–Crippen MR) is 77.8 cm³/mol. The second kappa shape index (κ2) is 6.20. The van der Waals surface area contributed by atoms with Crippen LogP contribution in [0.25, 0.3) is 0 Å². The average molecular weight is 260 g/mol. The highest BCUT2D eigenvalue weighted by molar-refractivity contribution is 5.91. The Labute approximate surface area is 115 Å². The smallest absolute Gasteiger partial charge is 0.230 e. The third-order valence-electron chi connectivity index (χ3n) is 4.07. The third kappa shape index (κ3) is 3.35. The lowest BCUT2D eigenvalue weighted by Crippen LogP contribution is -2.35. The Bertz CT molecular complexity index is 412. The van der Waals surface area contributed by atoms with E-state index in [0.29, 0.717) is 5.92 Å². The highest BCUT2D eigenvalue weighted by atomic mass is 16.2.